The SMILES string of the molecule is CC(C)(C)c1cc(CSc2ccc(C(=N)N)cc2)cc(CSc2ccc(C(=N)N)cc2)c1. The molecule has 3 aromatic rings. The molecule has 6 heteroatoms. The molecule has 3 rings (SSSR count). The van der Waals surface area contributed by atoms with Crippen molar-refractivity contribution in [1.29, 1.82) is 10.8 Å². The fourth-order valence-corrected chi connectivity index (χ4v) is 4.81. The van der Waals surface area contributed by atoms with Crippen LogP contribution in [0.15, 0.2) is 76.5 Å². The van der Waals surface area contributed by atoms with Gasteiger partial charge in [-0.15, -0.1) is 23.5 Å². The summed E-state index contributed by atoms with van der Waals surface area (Å²) in [5, 5.41) is 15.1. The maximum atomic E-state index is 7.53. The van der Waals surface area contributed by atoms with E-state index in [9.17, 15) is 0 Å². The summed E-state index contributed by atoms with van der Waals surface area (Å²) in [5.41, 5.74) is 16.6. The van der Waals surface area contributed by atoms with Crippen LogP contribution in [0.5, 0.6) is 0 Å². The van der Waals surface area contributed by atoms with Crippen LogP contribution in [0.2, 0.25) is 0 Å². The summed E-state index contributed by atoms with van der Waals surface area (Å²) >= 11 is 3.58. The molecule has 166 valence electrons. The highest BCUT2D eigenvalue weighted by molar-refractivity contribution is 7.98. The summed E-state index contributed by atoms with van der Waals surface area (Å²) in [6, 6.07) is 22.6. The minimum absolute atomic E-state index is 0.0758. The lowest BCUT2D eigenvalue weighted by atomic mass is 9.85. The lowest BCUT2D eigenvalue weighted by Gasteiger charge is -2.21. The molecule has 32 heavy (non-hydrogen) atoms. The molecule has 0 fully saturated rings. The molecule has 3 aromatic carbocycles. The first-order valence-electron chi connectivity index (χ1n) is 10.4. The maximum Gasteiger partial charge on any atom is 0.122 e. The van der Waals surface area contributed by atoms with Crippen molar-refractivity contribution >= 4 is 35.2 Å². The van der Waals surface area contributed by atoms with E-state index in [1.165, 1.54) is 16.7 Å². The van der Waals surface area contributed by atoms with Crippen molar-refractivity contribution in [2.75, 3.05) is 0 Å². The Morgan fingerprint density at radius 1 is 0.688 bits per heavy atom. The van der Waals surface area contributed by atoms with Gasteiger partial charge in [0.05, 0.1) is 0 Å². The average Bonchev–Trinajstić information content (AvgIpc) is 2.76. The van der Waals surface area contributed by atoms with Crippen molar-refractivity contribution in [3.05, 3.63) is 94.5 Å². The van der Waals surface area contributed by atoms with Crippen LogP contribution in [0.25, 0.3) is 0 Å². The fraction of sp³-hybridized carbons (Fsp3) is 0.231. The Morgan fingerprint density at radius 2 is 1.06 bits per heavy atom. The van der Waals surface area contributed by atoms with Crippen molar-refractivity contribution < 1.29 is 0 Å². The molecular formula is C26H30N4S2. The van der Waals surface area contributed by atoms with Gasteiger partial charge in [-0.2, -0.15) is 0 Å². The lowest BCUT2D eigenvalue weighted by molar-refractivity contribution is 0.589. The van der Waals surface area contributed by atoms with Crippen LogP contribution in [0, 0.1) is 10.8 Å². The number of hydrogen-bond acceptors (Lipinski definition) is 4. The largest absolute Gasteiger partial charge is 0.384 e. The lowest BCUT2D eigenvalue weighted by Crippen LogP contribution is -2.12. The Kier molecular flexibility index (Phi) is 7.69. The number of nitrogen functional groups attached to an aromatic ring is 2. The third-order valence-electron chi connectivity index (χ3n) is 5.06. The van der Waals surface area contributed by atoms with E-state index in [2.05, 4.69) is 39.0 Å². The van der Waals surface area contributed by atoms with Crippen molar-refractivity contribution in [2.24, 2.45) is 11.5 Å². The average molecular weight is 463 g/mol. The van der Waals surface area contributed by atoms with E-state index in [0.29, 0.717) is 0 Å². The first kappa shape index (κ1) is 24.0. The van der Waals surface area contributed by atoms with Crippen LogP contribution in [0.3, 0.4) is 0 Å². The van der Waals surface area contributed by atoms with Gasteiger partial charge in [0.25, 0.3) is 0 Å². The van der Waals surface area contributed by atoms with E-state index in [-0.39, 0.29) is 17.1 Å². The van der Waals surface area contributed by atoms with Crippen LogP contribution < -0.4 is 11.5 Å². The van der Waals surface area contributed by atoms with Crippen molar-refractivity contribution in [1.82, 2.24) is 0 Å². The molecule has 0 aliphatic rings. The first-order chi connectivity index (χ1) is 15.1. The summed E-state index contributed by atoms with van der Waals surface area (Å²) < 4.78 is 0. The highest BCUT2D eigenvalue weighted by Gasteiger charge is 2.16. The maximum absolute atomic E-state index is 7.53. The van der Waals surface area contributed by atoms with Gasteiger partial charge in [0.1, 0.15) is 11.7 Å². The topological polar surface area (TPSA) is 99.7 Å². The van der Waals surface area contributed by atoms with Crippen molar-refractivity contribution in [3.63, 3.8) is 0 Å². The highest BCUT2D eigenvalue weighted by atomic mass is 32.2. The predicted octanol–water partition coefficient (Wildman–Crippen LogP) is 6.14. The van der Waals surface area contributed by atoms with Gasteiger partial charge in [-0.3, -0.25) is 10.8 Å². The summed E-state index contributed by atoms with van der Waals surface area (Å²) in [6.45, 7) is 6.74. The van der Waals surface area contributed by atoms with E-state index in [1.807, 2.05) is 48.5 Å². The Hall–Kier alpha value is -2.70. The molecule has 4 nitrogen and oxygen atoms in total. The number of rotatable bonds is 8. The molecule has 0 saturated heterocycles. The summed E-state index contributed by atoms with van der Waals surface area (Å²) in [4.78, 5) is 2.33. The summed E-state index contributed by atoms with van der Waals surface area (Å²) in [5.74, 6) is 1.96. The molecule has 0 unspecified atom stereocenters. The molecule has 0 bridgehead atoms. The quantitative estimate of drug-likeness (QED) is 0.184. The van der Waals surface area contributed by atoms with Crippen LogP contribution in [0.4, 0.5) is 0 Å². The zero-order valence-corrected chi connectivity index (χ0v) is 20.4. The number of thioether (sulfide) groups is 2. The normalized spacial score (nSPS) is 11.3. The van der Waals surface area contributed by atoms with Crippen LogP contribution in [-0.2, 0) is 16.9 Å². The zero-order chi connectivity index (χ0) is 23.3. The standard InChI is InChI=1S/C26H30N4S2/c1-26(2,3)21-13-17(15-31-22-8-4-19(5-9-22)24(27)28)12-18(14-21)16-32-23-10-6-20(7-11-23)25(29)30/h4-14H,15-16H2,1-3H3,(H3,27,28)(H3,29,30). The fourth-order valence-electron chi connectivity index (χ4n) is 3.16. The minimum atomic E-state index is 0.0758. The molecule has 0 aliphatic carbocycles. The molecule has 0 aliphatic heterocycles. The van der Waals surface area contributed by atoms with E-state index in [1.54, 1.807) is 23.5 Å². The van der Waals surface area contributed by atoms with Crippen molar-refractivity contribution in [2.45, 2.75) is 47.5 Å². The molecule has 0 atom stereocenters. The van der Waals surface area contributed by atoms with Crippen LogP contribution in [0.1, 0.15) is 48.6 Å². The van der Waals surface area contributed by atoms with Gasteiger partial charge in [-0.05, 0) is 46.4 Å². The van der Waals surface area contributed by atoms with E-state index >= 15 is 0 Å². The monoisotopic (exact) mass is 462 g/mol. The molecule has 0 heterocycles. The summed E-state index contributed by atoms with van der Waals surface area (Å²) in [6.07, 6.45) is 0. The zero-order valence-electron chi connectivity index (χ0n) is 18.7. The molecule has 6 N–H and O–H groups in total. The number of amidine groups is 2. The predicted molar refractivity (Wildman–Crippen MR) is 139 cm³/mol. The Bertz CT molecular complexity index is 1020. The number of hydrogen-bond donors (Lipinski definition) is 4. The van der Waals surface area contributed by atoms with Gasteiger partial charge in [-0.25, -0.2) is 0 Å². The van der Waals surface area contributed by atoms with Gasteiger partial charge in [0.15, 0.2) is 0 Å². The second-order valence-corrected chi connectivity index (χ2v) is 10.8. The van der Waals surface area contributed by atoms with Gasteiger partial charge >= 0.3 is 0 Å². The molecular weight excluding hydrogens is 432 g/mol. The Balaban J connectivity index is 1.74. The van der Waals surface area contributed by atoms with E-state index < -0.39 is 0 Å². The Morgan fingerprint density at radius 3 is 1.38 bits per heavy atom. The second kappa shape index (κ2) is 10.3. The molecule has 0 spiro atoms. The molecule has 0 radical (unpaired) electrons. The Labute approximate surface area is 199 Å². The third kappa shape index (κ3) is 6.65. The third-order valence-corrected chi connectivity index (χ3v) is 7.23. The number of nitrogens with two attached hydrogens (primary N) is 2. The highest BCUT2D eigenvalue weighted by Crippen LogP contribution is 2.31. The molecule has 0 saturated carbocycles. The van der Waals surface area contributed by atoms with Gasteiger partial charge in [0, 0.05) is 32.4 Å². The second-order valence-electron chi connectivity index (χ2n) is 8.74. The minimum Gasteiger partial charge on any atom is -0.384 e. The van der Waals surface area contributed by atoms with Crippen LogP contribution >= 0.6 is 23.5 Å². The van der Waals surface area contributed by atoms with Gasteiger partial charge in [0.2, 0.25) is 0 Å². The molecule has 0 amide bonds. The number of benzene rings is 3. The van der Waals surface area contributed by atoms with Gasteiger partial charge < -0.3 is 11.5 Å². The van der Waals surface area contributed by atoms with E-state index in [4.69, 9.17) is 22.3 Å². The van der Waals surface area contributed by atoms with Crippen molar-refractivity contribution in [3.8, 4) is 0 Å². The number of nitrogens with one attached hydrogen (secondary N) is 2. The van der Waals surface area contributed by atoms with Crippen LogP contribution in [-0.4, -0.2) is 11.7 Å². The smallest absolute Gasteiger partial charge is 0.122 e. The molecule has 0 aromatic heterocycles. The van der Waals surface area contributed by atoms with E-state index in [0.717, 1.165) is 32.4 Å². The van der Waals surface area contributed by atoms with Gasteiger partial charge in [-0.1, -0.05) is 63.2 Å². The summed E-state index contributed by atoms with van der Waals surface area (Å²) in [7, 11) is 0. The first-order valence-corrected chi connectivity index (χ1v) is 12.4.